The monoisotopic (exact) mass is 330 g/mol. The SMILES string of the molecule is c1ccc(Cc2ccc(OCC[n+]3c[nH]c4ccncc43)cc2)cc1. The first kappa shape index (κ1) is 15.4. The summed E-state index contributed by atoms with van der Waals surface area (Å²) in [7, 11) is 0. The lowest BCUT2D eigenvalue weighted by molar-refractivity contribution is -0.672. The molecule has 4 heteroatoms. The van der Waals surface area contributed by atoms with Crippen LogP contribution in [0.1, 0.15) is 11.1 Å². The predicted molar refractivity (Wildman–Crippen MR) is 97.5 cm³/mol. The average Bonchev–Trinajstić information content (AvgIpc) is 3.07. The Kier molecular flexibility index (Phi) is 4.42. The van der Waals surface area contributed by atoms with E-state index in [-0.39, 0.29) is 0 Å². The summed E-state index contributed by atoms with van der Waals surface area (Å²) in [5.41, 5.74) is 4.78. The number of hydrogen-bond acceptors (Lipinski definition) is 2. The van der Waals surface area contributed by atoms with Gasteiger partial charge in [-0.25, -0.2) is 9.55 Å². The maximum Gasteiger partial charge on any atom is 0.242 e. The smallest absolute Gasteiger partial charge is 0.242 e. The summed E-state index contributed by atoms with van der Waals surface area (Å²) in [6.07, 6.45) is 6.55. The van der Waals surface area contributed by atoms with Crippen molar-refractivity contribution < 1.29 is 9.30 Å². The highest BCUT2D eigenvalue weighted by molar-refractivity contribution is 5.68. The van der Waals surface area contributed by atoms with Gasteiger partial charge in [0, 0.05) is 12.3 Å². The van der Waals surface area contributed by atoms with Gasteiger partial charge in [0.25, 0.3) is 0 Å². The molecule has 0 unspecified atom stereocenters. The Morgan fingerprint density at radius 2 is 1.72 bits per heavy atom. The van der Waals surface area contributed by atoms with Crippen LogP contribution in [0.15, 0.2) is 79.4 Å². The first-order chi connectivity index (χ1) is 12.4. The third-order valence-electron chi connectivity index (χ3n) is 4.26. The van der Waals surface area contributed by atoms with E-state index in [0.29, 0.717) is 6.61 Å². The molecule has 4 nitrogen and oxygen atoms in total. The number of pyridine rings is 1. The van der Waals surface area contributed by atoms with Gasteiger partial charge in [-0.05, 0) is 29.7 Å². The molecule has 0 spiro atoms. The van der Waals surface area contributed by atoms with Crippen molar-refractivity contribution in [3.8, 4) is 5.75 Å². The van der Waals surface area contributed by atoms with E-state index >= 15 is 0 Å². The molecular weight excluding hydrogens is 310 g/mol. The molecule has 0 fully saturated rings. The summed E-state index contributed by atoms with van der Waals surface area (Å²) in [4.78, 5) is 7.41. The van der Waals surface area contributed by atoms with Crippen molar-refractivity contribution in [2.45, 2.75) is 13.0 Å². The Morgan fingerprint density at radius 1 is 0.920 bits per heavy atom. The molecule has 4 rings (SSSR count). The first-order valence-corrected chi connectivity index (χ1v) is 8.45. The number of nitrogens with zero attached hydrogens (tertiary/aromatic N) is 2. The molecule has 124 valence electrons. The average molecular weight is 330 g/mol. The van der Waals surface area contributed by atoms with E-state index in [1.807, 2.05) is 36.8 Å². The highest BCUT2D eigenvalue weighted by atomic mass is 16.5. The van der Waals surface area contributed by atoms with Crippen molar-refractivity contribution in [2.24, 2.45) is 0 Å². The van der Waals surface area contributed by atoms with Crippen molar-refractivity contribution >= 4 is 11.0 Å². The van der Waals surface area contributed by atoms with Crippen molar-refractivity contribution in [3.63, 3.8) is 0 Å². The van der Waals surface area contributed by atoms with Crippen LogP contribution in [-0.4, -0.2) is 16.6 Å². The number of hydrogen-bond donors (Lipinski definition) is 1. The summed E-state index contributed by atoms with van der Waals surface area (Å²) in [5.74, 6) is 0.898. The van der Waals surface area contributed by atoms with E-state index in [0.717, 1.165) is 29.7 Å². The van der Waals surface area contributed by atoms with Crippen LogP contribution in [0.4, 0.5) is 0 Å². The summed E-state index contributed by atoms with van der Waals surface area (Å²) < 4.78 is 8.00. The van der Waals surface area contributed by atoms with Gasteiger partial charge in [0.05, 0.1) is 6.20 Å². The minimum absolute atomic E-state index is 0.616. The van der Waals surface area contributed by atoms with Crippen LogP contribution < -0.4 is 9.30 Å². The zero-order chi connectivity index (χ0) is 16.9. The second kappa shape index (κ2) is 7.18. The molecule has 2 aromatic heterocycles. The summed E-state index contributed by atoms with van der Waals surface area (Å²) in [6.45, 7) is 1.39. The molecule has 0 bridgehead atoms. The fraction of sp³-hybridized carbons (Fsp3) is 0.143. The first-order valence-electron chi connectivity index (χ1n) is 8.45. The van der Waals surface area contributed by atoms with Gasteiger partial charge in [-0.1, -0.05) is 42.5 Å². The Balaban J connectivity index is 1.34. The molecule has 1 N–H and O–H groups in total. The van der Waals surface area contributed by atoms with Gasteiger partial charge < -0.3 is 4.74 Å². The number of benzene rings is 2. The molecule has 0 amide bonds. The molecule has 0 aliphatic carbocycles. The van der Waals surface area contributed by atoms with Crippen LogP contribution >= 0.6 is 0 Å². The van der Waals surface area contributed by atoms with E-state index in [1.54, 1.807) is 6.20 Å². The van der Waals surface area contributed by atoms with Gasteiger partial charge in [0.15, 0.2) is 11.0 Å². The van der Waals surface area contributed by atoms with Gasteiger partial charge in [-0.15, -0.1) is 0 Å². The molecule has 0 aliphatic rings. The molecule has 0 atom stereocenters. The fourth-order valence-electron chi connectivity index (χ4n) is 2.94. The zero-order valence-electron chi connectivity index (χ0n) is 13.9. The molecular formula is C21H20N3O+. The maximum absolute atomic E-state index is 5.88. The second-order valence-electron chi connectivity index (χ2n) is 6.01. The third-order valence-corrected chi connectivity index (χ3v) is 4.26. The quantitative estimate of drug-likeness (QED) is 0.550. The van der Waals surface area contributed by atoms with Crippen LogP contribution in [-0.2, 0) is 13.0 Å². The zero-order valence-corrected chi connectivity index (χ0v) is 13.9. The van der Waals surface area contributed by atoms with Crippen LogP contribution in [0.5, 0.6) is 5.75 Å². The Hall–Kier alpha value is -3.14. The number of fused-ring (bicyclic) bond motifs is 1. The van der Waals surface area contributed by atoms with E-state index in [4.69, 9.17) is 4.74 Å². The van der Waals surface area contributed by atoms with Crippen LogP contribution in [0.2, 0.25) is 0 Å². The molecule has 0 aliphatic heterocycles. The van der Waals surface area contributed by atoms with Crippen molar-refractivity contribution in [2.75, 3.05) is 6.61 Å². The number of nitrogens with one attached hydrogen (secondary N) is 1. The van der Waals surface area contributed by atoms with Crippen molar-refractivity contribution in [1.82, 2.24) is 9.97 Å². The van der Waals surface area contributed by atoms with Gasteiger partial charge >= 0.3 is 0 Å². The molecule has 2 heterocycles. The van der Waals surface area contributed by atoms with E-state index < -0.39 is 0 Å². The second-order valence-corrected chi connectivity index (χ2v) is 6.01. The predicted octanol–water partition coefficient (Wildman–Crippen LogP) is 3.52. The summed E-state index contributed by atoms with van der Waals surface area (Å²) >= 11 is 0. The molecule has 0 radical (unpaired) electrons. The Bertz CT molecular complexity index is 946. The summed E-state index contributed by atoms with van der Waals surface area (Å²) in [5, 5.41) is 0. The third kappa shape index (κ3) is 3.69. The molecule has 0 saturated heterocycles. The topological polar surface area (TPSA) is 41.8 Å². The lowest BCUT2D eigenvalue weighted by atomic mass is 10.1. The minimum Gasteiger partial charge on any atom is -0.489 e. The highest BCUT2D eigenvalue weighted by Crippen LogP contribution is 2.15. The summed E-state index contributed by atoms with van der Waals surface area (Å²) in [6, 6.07) is 20.8. The molecule has 0 saturated carbocycles. The van der Waals surface area contributed by atoms with Gasteiger partial charge in [0.2, 0.25) is 6.33 Å². The lowest BCUT2D eigenvalue weighted by Gasteiger charge is -2.07. The minimum atomic E-state index is 0.616. The van der Waals surface area contributed by atoms with E-state index in [1.165, 1.54) is 11.1 Å². The lowest BCUT2D eigenvalue weighted by Crippen LogP contribution is -2.35. The van der Waals surface area contributed by atoms with Crippen molar-refractivity contribution in [3.05, 3.63) is 90.5 Å². The Labute approximate surface area is 146 Å². The molecule has 2 aromatic carbocycles. The van der Waals surface area contributed by atoms with Crippen LogP contribution in [0.3, 0.4) is 0 Å². The maximum atomic E-state index is 5.88. The normalized spacial score (nSPS) is 10.9. The fourth-order valence-corrected chi connectivity index (χ4v) is 2.94. The number of imidazole rings is 1. The molecule has 4 aromatic rings. The van der Waals surface area contributed by atoms with Crippen molar-refractivity contribution in [1.29, 1.82) is 0 Å². The molecule has 25 heavy (non-hydrogen) atoms. The number of aromatic nitrogens is 3. The standard InChI is InChI=1S/C21H19N3O/c1-2-4-17(5-3-1)14-18-6-8-19(9-7-18)25-13-12-24-16-23-20-10-11-22-15-21(20)24/h1-11,15-16H,12-14H2/p+1. The number of rotatable bonds is 6. The number of ether oxygens (including phenoxy) is 1. The van der Waals surface area contributed by atoms with E-state index in [2.05, 4.69) is 50.9 Å². The highest BCUT2D eigenvalue weighted by Gasteiger charge is 2.08. The van der Waals surface area contributed by atoms with Crippen LogP contribution in [0.25, 0.3) is 11.0 Å². The number of H-pyrrole nitrogens is 1. The van der Waals surface area contributed by atoms with Gasteiger partial charge in [-0.3, -0.25) is 4.98 Å². The van der Waals surface area contributed by atoms with Gasteiger partial charge in [0.1, 0.15) is 18.9 Å². The van der Waals surface area contributed by atoms with E-state index in [9.17, 15) is 0 Å². The Morgan fingerprint density at radius 3 is 2.56 bits per heavy atom. The van der Waals surface area contributed by atoms with Crippen LogP contribution in [0, 0.1) is 0 Å². The van der Waals surface area contributed by atoms with Gasteiger partial charge in [-0.2, -0.15) is 0 Å². The largest absolute Gasteiger partial charge is 0.489 e. The number of aromatic amines is 1.